The number of carbonyl (C=O) groups is 1. The molecule has 3 nitrogen and oxygen atoms in total. The van der Waals surface area contributed by atoms with Crippen molar-refractivity contribution >= 4 is 27.7 Å². The molecule has 0 N–H and O–H groups in total. The minimum absolute atomic E-state index is 0.187. The zero-order valence-electron chi connectivity index (χ0n) is 10.4. The monoisotopic (exact) mass is 242 g/mol. The van der Waals surface area contributed by atoms with Crippen LogP contribution in [0, 0.1) is 6.92 Å². The molecule has 0 aliphatic heterocycles. The first-order valence-corrected chi connectivity index (χ1v) is 6.03. The van der Waals surface area contributed by atoms with Crippen LogP contribution in [0.2, 0.25) is 0 Å². The SMILES string of the molecule is CC(=O)CCc1c2ccoc2c(C)c2ccoc12. The highest BCUT2D eigenvalue weighted by Gasteiger charge is 2.16. The normalized spacial score (nSPS) is 11.4. The van der Waals surface area contributed by atoms with Crippen LogP contribution in [0.25, 0.3) is 21.9 Å². The summed E-state index contributed by atoms with van der Waals surface area (Å²) < 4.78 is 11.1. The summed E-state index contributed by atoms with van der Waals surface area (Å²) in [5, 5.41) is 2.12. The van der Waals surface area contributed by atoms with Crippen LogP contribution in [0.3, 0.4) is 0 Å². The highest BCUT2D eigenvalue weighted by molar-refractivity contribution is 6.01. The van der Waals surface area contributed by atoms with Gasteiger partial charge in [0.25, 0.3) is 0 Å². The lowest BCUT2D eigenvalue weighted by Gasteiger charge is -2.05. The van der Waals surface area contributed by atoms with E-state index in [2.05, 4.69) is 0 Å². The molecule has 3 rings (SSSR count). The molecule has 0 saturated carbocycles. The number of benzene rings is 1. The van der Waals surface area contributed by atoms with Gasteiger partial charge < -0.3 is 13.6 Å². The maximum absolute atomic E-state index is 11.2. The Morgan fingerprint density at radius 2 is 1.78 bits per heavy atom. The molecule has 3 heteroatoms. The summed E-state index contributed by atoms with van der Waals surface area (Å²) in [6.07, 6.45) is 4.59. The van der Waals surface area contributed by atoms with Gasteiger partial charge in [0.15, 0.2) is 0 Å². The van der Waals surface area contributed by atoms with E-state index in [1.54, 1.807) is 19.5 Å². The van der Waals surface area contributed by atoms with Gasteiger partial charge in [-0.2, -0.15) is 0 Å². The lowest BCUT2D eigenvalue weighted by Crippen LogP contribution is -1.95. The zero-order valence-corrected chi connectivity index (χ0v) is 10.4. The van der Waals surface area contributed by atoms with Gasteiger partial charge in [-0.3, -0.25) is 0 Å². The summed E-state index contributed by atoms with van der Waals surface area (Å²) in [5.41, 5.74) is 3.93. The second-order valence-corrected chi connectivity index (χ2v) is 4.63. The van der Waals surface area contributed by atoms with Gasteiger partial charge >= 0.3 is 0 Å². The van der Waals surface area contributed by atoms with E-state index in [0.29, 0.717) is 12.8 Å². The predicted molar refractivity (Wildman–Crippen MR) is 69.7 cm³/mol. The maximum Gasteiger partial charge on any atom is 0.138 e. The number of furan rings is 2. The largest absolute Gasteiger partial charge is 0.464 e. The van der Waals surface area contributed by atoms with Crippen LogP contribution in [0.5, 0.6) is 0 Å². The predicted octanol–water partition coefficient (Wildman–Crippen LogP) is 4.01. The van der Waals surface area contributed by atoms with Crippen LogP contribution in [-0.2, 0) is 11.2 Å². The van der Waals surface area contributed by atoms with Gasteiger partial charge in [-0.1, -0.05) is 0 Å². The third kappa shape index (κ3) is 1.55. The molecule has 0 spiro atoms. The Morgan fingerprint density at radius 1 is 1.11 bits per heavy atom. The molecule has 0 fully saturated rings. The van der Waals surface area contributed by atoms with Crippen LogP contribution >= 0.6 is 0 Å². The second-order valence-electron chi connectivity index (χ2n) is 4.63. The Balaban J connectivity index is 2.29. The average molecular weight is 242 g/mol. The highest BCUT2D eigenvalue weighted by Crippen LogP contribution is 2.34. The minimum Gasteiger partial charge on any atom is -0.464 e. The molecule has 0 bridgehead atoms. The number of rotatable bonds is 3. The average Bonchev–Trinajstić information content (AvgIpc) is 2.95. The number of aryl methyl sites for hydroxylation is 2. The molecule has 0 saturated heterocycles. The first kappa shape index (κ1) is 11.1. The van der Waals surface area contributed by atoms with Crippen molar-refractivity contribution in [2.75, 3.05) is 0 Å². The van der Waals surface area contributed by atoms with Crippen molar-refractivity contribution in [3.63, 3.8) is 0 Å². The lowest BCUT2D eigenvalue weighted by atomic mass is 9.98. The Kier molecular flexibility index (Phi) is 2.47. The van der Waals surface area contributed by atoms with Gasteiger partial charge in [0, 0.05) is 28.3 Å². The summed E-state index contributed by atoms with van der Waals surface area (Å²) in [4.78, 5) is 11.2. The highest BCUT2D eigenvalue weighted by atomic mass is 16.3. The van der Waals surface area contributed by atoms with Gasteiger partial charge in [0.1, 0.15) is 16.9 Å². The summed E-state index contributed by atoms with van der Waals surface area (Å²) in [6, 6.07) is 3.89. The van der Waals surface area contributed by atoms with E-state index in [1.807, 2.05) is 19.1 Å². The van der Waals surface area contributed by atoms with E-state index in [1.165, 1.54) is 0 Å². The molecule has 1 aromatic carbocycles. The molecule has 0 atom stereocenters. The molecular weight excluding hydrogens is 228 g/mol. The number of ketones is 1. The maximum atomic E-state index is 11.2. The number of hydrogen-bond acceptors (Lipinski definition) is 3. The topological polar surface area (TPSA) is 43.4 Å². The Labute approximate surface area is 104 Å². The lowest BCUT2D eigenvalue weighted by molar-refractivity contribution is -0.116. The van der Waals surface area contributed by atoms with Crippen LogP contribution in [0.15, 0.2) is 33.5 Å². The van der Waals surface area contributed by atoms with Crippen molar-refractivity contribution in [1.82, 2.24) is 0 Å². The number of carbonyl (C=O) groups excluding carboxylic acids is 1. The third-order valence-corrected chi connectivity index (χ3v) is 3.40. The molecule has 2 heterocycles. The van der Waals surface area contributed by atoms with Gasteiger partial charge in [-0.05, 0) is 32.4 Å². The first-order chi connectivity index (χ1) is 8.68. The summed E-state index contributed by atoms with van der Waals surface area (Å²) >= 11 is 0. The smallest absolute Gasteiger partial charge is 0.138 e. The van der Waals surface area contributed by atoms with E-state index < -0.39 is 0 Å². The van der Waals surface area contributed by atoms with E-state index in [0.717, 1.165) is 33.1 Å². The first-order valence-electron chi connectivity index (χ1n) is 6.03. The van der Waals surface area contributed by atoms with E-state index in [-0.39, 0.29) is 5.78 Å². The fourth-order valence-electron chi connectivity index (χ4n) is 2.47. The van der Waals surface area contributed by atoms with E-state index >= 15 is 0 Å². The fourth-order valence-corrected chi connectivity index (χ4v) is 2.47. The van der Waals surface area contributed by atoms with Crippen molar-refractivity contribution in [2.24, 2.45) is 0 Å². The Hall–Kier alpha value is -2.03. The Bertz CT molecular complexity index is 679. The van der Waals surface area contributed by atoms with E-state index in [9.17, 15) is 4.79 Å². The molecule has 0 radical (unpaired) electrons. The molecule has 0 aliphatic carbocycles. The molecule has 2 aromatic heterocycles. The molecule has 3 aromatic rings. The standard InChI is InChI=1S/C15H14O3/c1-9(16)3-4-12-13-6-8-17-14(13)10(2)11-5-7-18-15(11)12/h5-8H,3-4H2,1-2H3. The van der Waals surface area contributed by atoms with Crippen molar-refractivity contribution in [3.8, 4) is 0 Å². The number of Topliss-reactive ketones (excluding diaryl/α,β-unsaturated/α-hetero) is 1. The summed E-state index contributed by atoms with van der Waals surface area (Å²) in [6.45, 7) is 3.64. The molecule has 18 heavy (non-hydrogen) atoms. The van der Waals surface area contributed by atoms with Gasteiger partial charge in [0.05, 0.1) is 12.5 Å². The summed E-state index contributed by atoms with van der Waals surface area (Å²) in [5.74, 6) is 0.187. The third-order valence-electron chi connectivity index (χ3n) is 3.40. The molecule has 0 amide bonds. The summed E-state index contributed by atoms with van der Waals surface area (Å²) in [7, 11) is 0. The zero-order chi connectivity index (χ0) is 12.7. The van der Waals surface area contributed by atoms with Gasteiger partial charge in [-0.15, -0.1) is 0 Å². The fraction of sp³-hybridized carbons (Fsp3) is 0.267. The van der Waals surface area contributed by atoms with Gasteiger partial charge in [0.2, 0.25) is 0 Å². The minimum atomic E-state index is 0.187. The molecular formula is C15H14O3. The van der Waals surface area contributed by atoms with Crippen LogP contribution < -0.4 is 0 Å². The number of fused-ring (bicyclic) bond motifs is 2. The van der Waals surface area contributed by atoms with E-state index in [4.69, 9.17) is 8.83 Å². The van der Waals surface area contributed by atoms with Crippen LogP contribution in [0.1, 0.15) is 24.5 Å². The van der Waals surface area contributed by atoms with Crippen molar-refractivity contribution in [3.05, 3.63) is 35.8 Å². The quantitative estimate of drug-likeness (QED) is 0.697. The van der Waals surface area contributed by atoms with Gasteiger partial charge in [-0.25, -0.2) is 0 Å². The van der Waals surface area contributed by atoms with Crippen LogP contribution in [-0.4, -0.2) is 5.78 Å². The number of hydrogen-bond donors (Lipinski definition) is 0. The second kappa shape index (κ2) is 4.02. The van der Waals surface area contributed by atoms with Crippen LogP contribution in [0.4, 0.5) is 0 Å². The molecule has 0 aliphatic rings. The van der Waals surface area contributed by atoms with Crippen molar-refractivity contribution < 1.29 is 13.6 Å². The Morgan fingerprint density at radius 3 is 2.50 bits per heavy atom. The molecule has 0 unspecified atom stereocenters. The van der Waals surface area contributed by atoms with Crippen molar-refractivity contribution in [2.45, 2.75) is 26.7 Å². The van der Waals surface area contributed by atoms with Crippen molar-refractivity contribution in [1.29, 1.82) is 0 Å². The molecule has 92 valence electrons.